The van der Waals surface area contributed by atoms with E-state index in [1.54, 1.807) is 0 Å². The maximum atomic E-state index is 12.2. The molecule has 1 aromatic heterocycles. The lowest BCUT2D eigenvalue weighted by Crippen LogP contribution is -2.40. The predicted molar refractivity (Wildman–Crippen MR) is 64.7 cm³/mol. The molecule has 1 aliphatic rings. The molecule has 88 valence electrons. The number of hydrogen-bond acceptors (Lipinski definition) is 3. The van der Waals surface area contributed by atoms with Crippen molar-refractivity contribution in [1.82, 2.24) is 4.90 Å². The lowest BCUT2D eigenvalue weighted by Gasteiger charge is -2.27. The van der Waals surface area contributed by atoms with E-state index in [-0.39, 0.29) is 12.5 Å². The number of rotatable bonds is 4. The topological polar surface area (TPSA) is 40.5 Å². The molecule has 0 saturated heterocycles. The molecule has 1 saturated carbocycles. The number of carbonyl (C=O) groups is 1. The molecule has 16 heavy (non-hydrogen) atoms. The average molecular weight is 239 g/mol. The van der Waals surface area contributed by atoms with Crippen LogP contribution in [0.15, 0.2) is 17.5 Å². The predicted octanol–water partition coefficient (Wildman–Crippen LogP) is 2.13. The van der Waals surface area contributed by atoms with Gasteiger partial charge in [0.25, 0.3) is 5.91 Å². The summed E-state index contributed by atoms with van der Waals surface area (Å²) in [5.74, 6) is 0.0796. The van der Waals surface area contributed by atoms with Crippen LogP contribution in [0.4, 0.5) is 0 Å². The highest BCUT2D eigenvalue weighted by atomic mass is 32.1. The second-order valence-electron chi connectivity index (χ2n) is 4.14. The summed E-state index contributed by atoms with van der Waals surface area (Å²) in [6, 6.07) is 4.08. The number of hydrogen-bond donors (Lipinski definition) is 1. The Kier molecular flexibility index (Phi) is 3.96. The van der Waals surface area contributed by atoms with E-state index in [0.717, 1.165) is 17.7 Å². The highest BCUT2D eigenvalue weighted by molar-refractivity contribution is 7.12. The third-order valence-electron chi connectivity index (χ3n) is 3.10. The van der Waals surface area contributed by atoms with Crippen molar-refractivity contribution in [3.8, 4) is 0 Å². The van der Waals surface area contributed by atoms with Crippen LogP contribution in [0.5, 0.6) is 0 Å². The Morgan fingerprint density at radius 3 is 2.81 bits per heavy atom. The van der Waals surface area contributed by atoms with E-state index >= 15 is 0 Å². The van der Waals surface area contributed by atoms with E-state index < -0.39 is 0 Å². The number of carbonyl (C=O) groups excluding carboxylic acids is 1. The molecule has 1 heterocycles. The Labute approximate surface area is 99.7 Å². The van der Waals surface area contributed by atoms with Gasteiger partial charge >= 0.3 is 0 Å². The molecule has 0 radical (unpaired) electrons. The second kappa shape index (κ2) is 5.46. The Balaban J connectivity index is 2.09. The van der Waals surface area contributed by atoms with Crippen molar-refractivity contribution < 1.29 is 9.90 Å². The van der Waals surface area contributed by atoms with Crippen molar-refractivity contribution in [1.29, 1.82) is 0 Å². The molecule has 1 amide bonds. The average Bonchev–Trinajstić information content (AvgIpc) is 2.96. The molecule has 2 rings (SSSR count). The number of thiophene rings is 1. The van der Waals surface area contributed by atoms with Crippen molar-refractivity contribution >= 4 is 17.2 Å². The van der Waals surface area contributed by atoms with Crippen molar-refractivity contribution in [3.05, 3.63) is 22.4 Å². The third kappa shape index (κ3) is 2.44. The Bertz CT molecular complexity index is 331. The molecular formula is C12H17NO2S. The molecule has 1 aliphatic carbocycles. The van der Waals surface area contributed by atoms with Gasteiger partial charge < -0.3 is 10.0 Å². The number of aliphatic hydroxyl groups excluding tert-OH is 1. The number of amides is 1. The molecule has 3 nitrogen and oxygen atoms in total. The van der Waals surface area contributed by atoms with Gasteiger partial charge in [0.05, 0.1) is 11.5 Å². The highest BCUT2D eigenvalue weighted by Crippen LogP contribution is 2.25. The molecule has 4 heteroatoms. The largest absolute Gasteiger partial charge is 0.395 e. The first-order valence-corrected chi connectivity index (χ1v) is 6.66. The fourth-order valence-electron chi connectivity index (χ4n) is 2.32. The lowest BCUT2D eigenvalue weighted by atomic mass is 10.2. The summed E-state index contributed by atoms with van der Waals surface area (Å²) in [4.78, 5) is 14.8. The van der Waals surface area contributed by atoms with Gasteiger partial charge in [-0.05, 0) is 24.3 Å². The van der Waals surface area contributed by atoms with Crippen LogP contribution in [0.1, 0.15) is 35.4 Å². The molecule has 1 fully saturated rings. The molecule has 0 spiro atoms. The zero-order valence-electron chi connectivity index (χ0n) is 9.26. The molecule has 0 aromatic carbocycles. The van der Waals surface area contributed by atoms with Crippen molar-refractivity contribution in [2.24, 2.45) is 0 Å². The maximum Gasteiger partial charge on any atom is 0.264 e. The van der Waals surface area contributed by atoms with Crippen LogP contribution in [0.25, 0.3) is 0 Å². The zero-order valence-corrected chi connectivity index (χ0v) is 10.1. The smallest absolute Gasteiger partial charge is 0.264 e. The minimum Gasteiger partial charge on any atom is -0.395 e. The highest BCUT2D eigenvalue weighted by Gasteiger charge is 2.27. The summed E-state index contributed by atoms with van der Waals surface area (Å²) >= 11 is 1.47. The van der Waals surface area contributed by atoms with Gasteiger partial charge in [-0.15, -0.1) is 11.3 Å². The fraction of sp³-hybridized carbons (Fsp3) is 0.583. The van der Waals surface area contributed by atoms with Gasteiger partial charge in [-0.25, -0.2) is 0 Å². The van der Waals surface area contributed by atoms with E-state index in [0.29, 0.717) is 12.6 Å². The Hall–Kier alpha value is -0.870. The second-order valence-corrected chi connectivity index (χ2v) is 5.09. The standard InChI is InChI=1S/C12H17NO2S/c14-8-7-13(10-4-1-2-5-10)12(15)11-6-3-9-16-11/h3,6,9-10,14H,1-2,4-5,7-8H2. The number of aliphatic hydroxyl groups is 1. The Morgan fingerprint density at radius 2 is 2.25 bits per heavy atom. The van der Waals surface area contributed by atoms with Crippen LogP contribution in [0.3, 0.4) is 0 Å². The molecule has 0 unspecified atom stereocenters. The van der Waals surface area contributed by atoms with Crippen LogP contribution in [0, 0.1) is 0 Å². The van der Waals surface area contributed by atoms with E-state index in [9.17, 15) is 4.79 Å². The molecule has 1 aromatic rings. The van der Waals surface area contributed by atoms with Crippen LogP contribution >= 0.6 is 11.3 Å². The van der Waals surface area contributed by atoms with Crippen molar-refractivity contribution in [3.63, 3.8) is 0 Å². The van der Waals surface area contributed by atoms with Gasteiger partial charge in [0.1, 0.15) is 0 Å². The molecular weight excluding hydrogens is 222 g/mol. The fourth-order valence-corrected chi connectivity index (χ4v) is 2.99. The molecule has 1 N–H and O–H groups in total. The molecule has 0 aliphatic heterocycles. The van der Waals surface area contributed by atoms with Crippen LogP contribution in [0.2, 0.25) is 0 Å². The summed E-state index contributed by atoms with van der Waals surface area (Å²) in [6.45, 7) is 0.509. The van der Waals surface area contributed by atoms with Gasteiger partial charge in [0.2, 0.25) is 0 Å². The van der Waals surface area contributed by atoms with Crippen LogP contribution in [-0.4, -0.2) is 35.1 Å². The molecule has 0 bridgehead atoms. The summed E-state index contributed by atoms with van der Waals surface area (Å²) in [5.41, 5.74) is 0. The van der Waals surface area contributed by atoms with Crippen LogP contribution in [-0.2, 0) is 0 Å². The van der Waals surface area contributed by atoms with E-state index in [2.05, 4.69) is 0 Å². The van der Waals surface area contributed by atoms with Gasteiger partial charge in [-0.1, -0.05) is 18.9 Å². The van der Waals surface area contributed by atoms with Gasteiger partial charge in [-0.2, -0.15) is 0 Å². The minimum absolute atomic E-state index is 0.0492. The first-order valence-electron chi connectivity index (χ1n) is 5.78. The quantitative estimate of drug-likeness (QED) is 0.874. The van der Waals surface area contributed by atoms with Gasteiger partial charge in [0.15, 0.2) is 0 Å². The summed E-state index contributed by atoms with van der Waals surface area (Å²) < 4.78 is 0. The van der Waals surface area contributed by atoms with E-state index in [4.69, 9.17) is 5.11 Å². The SMILES string of the molecule is O=C(c1cccs1)N(CCO)C1CCCC1. The first-order chi connectivity index (χ1) is 7.83. The first kappa shape index (κ1) is 11.6. The summed E-state index contributed by atoms with van der Waals surface area (Å²) in [5, 5.41) is 11.0. The minimum atomic E-state index is 0.0492. The zero-order chi connectivity index (χ0) is 11.4. The number of nitrogens with zero attached hydrogens (tertiary/aromatic N) is 1. The van der Waals surface area contributed by atoms with E-state index in [1.165, 1.54) is 24.2 Å². The van der Waals surface area contributed by atoms with Crippen LogP contribution < -0.4 is 0 Å². The van der Waals surface area contributed by atoms with Crippen molar-refractivity contribution in [2.45, 2.75) is 31.7 Å². The Morgan fingerprint density at radius 1 is 1.50 bits per heavy atom. The molecule has 0 atom stereocenters. The maximum absolute atomic E-state index is 12.2. The lowest BCUT2D eigenvalue weighted by molar-refractivity contribution is 0.0643. The summed E-state index contributed by atoms with van der Waals surface area (Å²) in [7, 11) is 0. The van der Waals surface area contributed by atoms with Gasteiger partial charge in [0, 0.05) is 12.6 Å². The summed E-state index contributed by atoms with van der Waals surface area (Å²) in [6.07, 6.45) is 4.56. The van der Waals surface area contributed by atoms with E-state index in [1.807, 2.05) is 22.4 Å². The normalized spacial score (nSPS) is 16.6. The third-order valence-corrected chi connectivity index (χ3v) is 3.96. The van der Waals surface area contributed by atoms with Gasteiger partial charge in [-0.3, -0.25) is 4.79 Å². The van der Waals surface area contributed by atoms with Crippen molar-refractivity contribution in [2.75, 3.05) is 13.2 Å². The monoisotopic (exact) mass is 239 g/mol.